The van der Waals surface area contributed by atoms with Gasteiger partial charge in [0.05, 0.1) is 17.4 Å². The first kappa shape index (κ1) is 20.5. The van der Waals surface area contributed by atoms with E-state index in [0.29, 0.717) is 12.1 Å². The molecule has 0 saturated carbocycles. The Morgan fingerprint density at radius 2 is 1.90 bits per heavy atom. The molecule has 6 nitrogen and oxygen atoms in total. The SMILES string of the molecule is CN1CCC(N(C)c2cccc3nc(CN(C)[C@H]4CCCc5cccnc54)cn23)CC1. The summed E-state index contributed by atoms with van der Waals surface area (Å²) in [7, 11) is 6.67. The number of hydrogen-bond acceptors (Lipinski definition) is 5. The van der Waals surface area contributed by atoms with Crippen LogP contribution in [-0.2, 0) is 13.0 Å². The lowest BCUT2D eigenvalue weighted by Crippen LogP contribution is -2.42. The number of aromatic nitrogens is 3. The summed E-state index contributed by atoms with van der Waals surface area (Å²) in [6, 6.07) is 11.7. The quantitative estimate of drug-likeness (QED) is 0.631. The van der Waals surface area contributed by atoms with Crippen molar-refractivity contribution in [3.05, 3.63) is 59.7 Å². The Morgan fingerprint density at radius 1 is 1.06 bits per heavy atom. The Labute approximate surface area is 185 Å². The van der Waals surface area contributed by atoms with Gasteiger partial charge in [0.25, 0.3) is 0 Å². The second-order valence-electron chi connectivity index (χ2n) is 9.36. The minimum Gasteiger partial charge on any atom is -0.358 e. The van der Waals surface area contributed by atoms with Crippen LogP contribution in [0.3, 0.4) is 0 Å². The number of pyridine rings is 2. The van der Waals surface area contributed by atoms with Crippen molar-refractivity contribution in [2.24, 2.45) is 0 Å². The van der Waals surface area contributed by atoms with Crippen molar-refractivity contribution in [1.29, 1.82) is 0 Å². The fourth-order valence-corrected chi connectivity index (χ4v) is 5.36. The summed E-state index contributed by atoms with van der Waals surface area (Å²) in [5.74, 6) is 1.23. The van der Waals surface area contributed by atoms with Gasteiger partial charge in [-0.1, -0.05) is 12.1 Å². The predicted molar refractivity (Wildman–Crippen MR) is 125 cm³/mol. The lowest BCUT2D eigenvalue weighted by molar-refractivity contribution is 0.206. The zero-order valence-corrected chi connectivity index (χ0v) is 19.0. The first-order valence-electron chi connectivity index (χ1n) is 11.6. The highest BCUT2D eigenvalue weighted by molar-refractivity contribution is 5.52. The van der Waals surface area contributed by atoms with E-state index in [1.807, 2.05) is 6.20 Å². The molecule has 2 aliphatic rings. The van der Waals surface area contributed by atoms with Crippen LogP contribution in [0.2, 0.25) is 0 Å². The Morgan fingerprint density at radius 3 is 2.74 bits per heavy atom. The highest BCUT2D eigenvalue weighted by Crippen LogP contribution is 2.33. The average molecular weight is 419 g/mol. The van der Waals surface area contributed by atoms with Gasteiger partial charge in [-0.05, 0) is 83.1 Å². The zero-order valence-electron chi connectivity index (χ0n) is 19.0. The highest BCUT2D eigenvalue weighted by Gasteiger charge is 2.26. The summed E-state index contributed by atoms with van der Waals surface area (Å²) in [6.45, 7) is 3.17. The molecule has 3 aromatic heterocycles. The third-order valence-electron chi connectivity index (χ3n) is 7.23. The molecule has 164 valence electrons. The number of likely N-dealkylation sites (tertiary alicyclic amines) is 1. The molecule has 4 heterocycles. The van der Waals surface area contributed by atoms with Crippen LogP contribution < -0.4 is 4.90 Å². The minimum absolute atomic E-state index is 0.371. The van der Waals surface area contributed by atoms with Gasteiger partial charge in [0.1, 0.15) is 11.5 Å². The van der Waals surface area contributed by atoms with Gasteiger partial charge >= 0.3 is 0 Å². The molecule has 3 aromatic rings. The molecule has 0 radical (unpaired) electrons. The van der Waals surface area contributed by atoms with Gasteiger partial charge in [-0.15, -0.1) is 0 Å². The summed E-state index contributed by atoms with van der Waals surface area (Å²) >= 11 is 0. The van der Waals surface area contributed by atoms with Crippen molar-refractivity contribution >= 4 is 11.5 Å². The van der Waals surface area contributed by atoms with E-state index < -0.39 is 0 Å². The van der Waals surface area contributed by atoms with E-state index >= 15 is 0 Å². The van der Waals surface area contributed by atoms with Gasteiger partial charge in [0.15, 0.2) is 0 Å². The molecule has 1 saturated heterocycles. The molecule has 5 rings (SSSR count). The third kappa shape index (κ3) is 4.06. The number of rotatable bonds is 5. The van der Waals surface area contributed by atoms with E-state index in [0.717, 1.165) is 30.7 Å². The predicted octanol–water partition coefficient (Wildman–Crippen LogP) is 3.77. The van der Waals surface area contributed by atoms with Crippen LogP contribution in [-0.4, -0.2) is 64.4 Å². The van der Waals surface area contributed by atoms with Crippen molar-refractivity contribution in [2.45, 2.75) is 50.7 Å². The molecule has 6 heteroatoms. The van der Waals surface area contributed by atoms with Crippen molar-refractivity contribution in [3.63, 3.8) is 0 Å². The monoisotopic (exact) mass is 418 g/mol. The van der Waals surface area contributed by atoms with E-state index in [4.69, 9.17) is 9.97 Å². The van der Waals surface area contributed by atoms with Crippen molar-refractivity contribution in [3.8, 4) is 0 Å². The molecule has 31 heavy (non-hydrogen) atoms. The maximum absolute atomic E-state index is 4.97. The maximum Gasteiger partial charge on any atom is 0.138 e. The number of anilines is 1. The topological polar surface area (TPSA) is 39.9 Å². The van der Waals surface area contributed by atoms with Gasteiger partial charge < -0.3 is 9.80 Å². The van der Waals surface area contributed by atoms with Gasteiger partial charge in [0, 0.05) is 32.0 Å². The summed E-state index contributed by atoms with van der Waals surface area (Å²) in [5, 5.41) is 0. The highest BCUT2D eigenvalue weighted by atomic mass is 15.3. The molecule has 1 fully saturated rings. The first-order valence-corrected chi connectivity index (χ1v) is 11.6. The number of fused-ring (bicyclic) bond motifs is 2. The van der Waals surface area contributed by atoms with Crippen LogP contribution in [0.5, 0.6) is 0 Å². The number of imidazole rings is 1. The fraction of sp³-hybridized carbons (Fsp3) is 0.520. The number of hydrogen-bond donors (Lipinski definition) is 0. The molecule has 0 N–H and O–H groups in total. The third-order valence-corrected chi connectivity index (χ3v) is 7.23. The summed E-state index contributed by atoms with van der Waals surface area (Å²) in [6.07, 6.45) is 10.1. The molecule has 0 unspecified atom stereocenters. The Hall–Kier alpha value is -2.44. The van der Waals surface area contributed by atoms with Crippen molar-refractivity contribution in [1.82, 2.24) is 24.2 Å². The Bertz CT molecular complexity index is 1040. The largest absolute Gasteiger partial charge is 0.358 e. The van der Waals surface area contributed by atoms with E-state index in [9.17, 15) is 0 Å². The summed E-state index contributed by atoms with van der Waals surface area (Å²) in [5.41, 5.74) is 4.81. The first-order chi connectivity index (χ1) is 15.1. The van der Waals surface area contributed by atoms with Crippen molar-refractivity contribution < 1.29 is 0 Å². The molecule has 1 aliphatic heterocycles. The Balaban J connectivity index is 1.37. The lowest BCUT2D eigenvalue weighted by Gasteiger charge is -2.36. The van der Waals surface area contributed by atoms with Crippen LogP contribution in [0.25, 0.3) is 5.65 Å². The molecule has 1 aliphatic carbocycles. The number of piperidine rings is 1. The van der Waals surface area contributed by atoms with Gasteiger partial charge in [-0.2, -0.15) is 0 Å². The van der Waals surface area contributed by atoms with Gasteiger partial charge in [-0.25, -0.2) is 4.98 Å². The fourth-order valence-electron chi connectivity index (χ4n) is 5.36. The molecule has 1 atom stereocenters. The van der Waals surface area contributed by atoms with Gasteiger partial charge in [-0.3, -0.25) is 14.3 Å². The Kier molecular flexibility index (Phi) is 5.67. The number of nitrogens with zero attached hydrogens (tertiary/aromatic N) is 6. The summed E-state index contributed by atoms with van der Waals surface area (Å²) < 4.78 is 2.27. The van der Waals surface area contributed by atoms with Crippen LogP contribution in [0.4, 0.5) is 5.82 Å². The molecular formula is C25H34N6. The smallest absolute Gasteiger partial charge is 0.138 e. The minimum atomic E-state index is 0.371. The van der Waals surface area contributed by atoms with E-state index in [1.165, 1.54) is 49.4 Å². The van der Waals surface area contributed by atoms with Crippen LogP contribution in [0, 0.1) is 0 Å². The second-order valence-corrected chi connectivity index (χ2v) is 9.36. The van der Waals surface area contributed by atoms with E-state index in [-0.39, 0.29) is 0 Å². The molecule has 0 spiro atoms. The van der Waals surface area contributed by atoms with E-state index in [2.05, 4.69) is 76.8 Å². The summed E-state index contributed by atoms with van der Waals surface area (Å²) in [4.78, 5) is 17.0. The molecule has 0 amide bonds. The molecular weight excluding hydrogens is 384 g/mol. The maximum atomic E-state index is 4.97. The molecule has 0 aromatic carbocycles. The van der Waals surface area contributed by atoms with Gasteiger partial charge in [0.2, 0.25) is 0 Å². The molecule has 0 bridgehead atoms. The van der Waals surface area contributed by atoms with Crippen molar-refractivity contribution in [2.75, 3.05) is 39.1 Å². The average Bonchev–Trinajstić information content (AvgIpc) is 3.21. The van der Waals surface area contributed by atoms with Crippen LogP contribution in [0.15, 0.2) is 42.7 Å². The van der Waals surface area contributed by atoms with E-state index in [1.54, 1.807) is 0 Å². The second kappa shape index (κ2) is 8.60. The van der Waals surface area contributed by atoms with Crippen LogP contribution in [0.1, 0.15) is 48.7 Å². The normalized spacial score (nSPS) is 20.3. The van der Waals surface area contributed by atoms with Crippen LogP contribution >= 0.6 is 0 Å². The lowest BCUT2D eigenvalue weighted by atomic mass is 9.91. The standard InChI is InChI=1S/C25H34N6/c1-28-15-12-21(13-16-28)30(3)24-11-5-10-23-27-20(18-31(23)24)17-29(2)22-9-4-7-19-8-6-14-26-25(19)22/h5-6,8,10-11,14,18,21-22H,4,7,9,12-13,15-17H2,1-3H3/t22-/m0/s1. The number of aryl methyl sites for hydroxylation is 1. The zero-order chi connectivity index (χ0) is 21.4.